The van der Waals surface area contributed by atoms with E-state index in [0.29, 0.717) is 4.43 Å². The van der Waals surface area contributed by atoms with Gasteiger partial charge in [0.1, 0.15) is 6.17 Å². The largest absolute Gasteiger partial charge is 0.476 e. The second kappa shape index (κ2) is 4.49. The molecule has 1 atom stereocenters. The van der Waals surface area contributed by atoms with Crippen LogP contribution in [0.2, 0.25) is 0 Å². The Kier molecular flexibility index (Phi) is 3.58. The molecule has 0 bridgehead atoms. The van der Waals surface area contributed by atoms with E-state index in [2.05, 4.69) is 10.3 Å². The van der Waals surface area contributed by atoms with E-state index < -0.39 is 12.1 Å². The predicted octanol–water partition coefficient (Wildman–Crippen LogP) is 0.749. The lowest BCUT2D eigenvalue weighted by Gasteiger charge is -2.01. The zero-order valence-corrected chi connectivity index (χ0v) is 8.68. The maximum absolute atomic E-state index is 12.8. The lowest BCUT2D eigenvalue weighted by Crippen LogP contribution is -2.13. The van der Waals surface area contributed by atoms with Crippen LogP contribution in [0.25, 0.3) is 0 Å². The summed E-state index contributed by atoms with van der Waals surface area (Å²) < 4.78 is 14.3. The van der Waals surface area contributed by atoms with Gasteiger partial charge in [-0.1, -0.05) is 27.8 Å². The topological polar surface area (TPSA) is 68.0 Å². The van der Waals surface area contributed by atoms with Crippen molar-refractivity contribution in [1.29, 1.82) is 0 Å². The van der Waals surface area contributed by atoms with Crippen LogP contribution in [0.5, 0.6) is 0 Å². The van der Waals surface area contributed by atoms with Crippen molar-refractivity contribution in [3.8, 4) is 0 Å². The minimum absolute atomic E-state index is 0.0449. The Morgan fingerprint density at radius 1 is 1.85 bits per heavy atom. The van der Waals surface area contributed by atoms with E-state index in [1.165, 1.54) is 10.9 Å². The molecule has 0 aliphatic carbocycles. The molecule has 13 heavy (non-hydrogen) atoms. The SMILES string of the molecule is O=C(O)c1cn(CC(F)CI)nn1. The van der Waals surface area contributed by atoms with Gasteiger partial charge < -0.3 is 5.11 Å². The van der Waals surface area contributed by atoms with Gasteiger partial charge in [0.05, 0.1) is 12.7 Å². The first-order chi connectivity index (χ1) is 6.13. The van der Waals surface area contributed by atoms with Crippen LogP contribution in [0.4, 0.5) is 4.39 Å². The van der Waals surface area contributed by atoms with Crippen LogP contribution in [-0.2, 0) is 6.54 Å². The molecule has 0 fully saturated rings. The molecule has 1 aromatic rings. The fraction of sp³-hybridized carbons (Fsp3) is 0.500. The average Bonchev–Trinajstić information content (AvgIpc) is 2.52. The summed E-state index contributed by atoms with van der Waals surface area (Å²) >= 11 is 1.91. The molecule has 0 aromatic carbocycles. The van der Waals surface area contributed by atoms with Gasteiger partial charge in [-0.3, -0.25) is 0 Å². The van der Waals surface area contributed by atoms with Crippen LogP contribution in [0.3, 0.4) is 0 Å². The van der Waals surface area contributed by atoms with Crippen molar-refractivity contribution in [3.63, 3.8) is 0 Å². The highest BCUT2D eigenvalue weighted by atomic mass is 127. The second-order valence-electron chi connectivity index (χ2n) is 2.38. The molecule has 0 saturated heterocycles. The maximum Gasteiger partial charge on any atom is 0.358 e. The van der Waals surface area contributed by atoms with Crippen molar-refractivity contribution >= 4 is 28.6 Å². The molecule has 1 aromatic heterocycles. The van der Waals surface area contributed by atoms with E-state index in [-0.39, 0.29) is 12.2 Å². The van der Waals surface area contributed by atoms with Crippen molar-refractivity contribution in [2.24, 2.45) is 0 Å². The van der Waals surface area contributed by atoms with Crippen LogP contribution < -0.4 is 0 Å². The molecule has 5 nitrogen and oxygen atoms in total. The van der Waals surface area contributed by atoms with Crippen molar-refractivity contribution in [1.82, 2.24) is 15.0 Å². The lowest BCUT2D eigenvalue weighted by atomic mass is 10.4. The average molecular weight is 299 g/mol. The van der Waals surface area contributed by atoms with Crippen LogP contribution in [0.1, 0.15) is 10.5 Å². The highest BCUT2D eigenvalue weighted by Crippen LogP contribution is 2.01. The number of aromatic carboxylic acids is 1. The van der Waals surface area contributed by atoms with Crippen molar-refractivity contribution in [2.75, 3.05) is 4.43 Å². The molecule has 72 valence electrons. The number of carboxylic acid groups (broad SMARTS) is 1. The fourth-order valence-corrected chi connectivity index (χ4v) is 1.02. The third-order valence-corrected chi connectivity index (χ3v) is 2.27. The first-order valence-corrected chi connectivity index (χ1v) is 4.99. The first-order valence-electron chi connectivity index (χ1n) is 3.47. The van der Waals surface area contributed by atoms with Gasteiger partial charge >= 0.3 is 5.97 Å². The molecule has 0 aliphatic rings. The van der Waals surface area contributed by atoms with Crippen molar-refractivity contribution < 1.29 is 14.3 Å². The number of carboxylic acids is 1. The van der Waals surface area contributed by atoms with E-state index in [4.69, 9.17) is 5.11 Å². The predicted molar refractivity (Wildman–Crippen MR) is 50.8 cm³/mol. The summed E-state index contributed by atoms with van der Waals surface area (Å²) in [5.41, 5.74) is -0.166. The summed E-state index contributed by atoms with van der Waals surface area (Å²) in [5.74, 6) is -1.16. The molecule has 1 unspecified atom stereocenters. The van der Waals surface area contributed by atoms with E-state index in [0.717, 1.165) is 0 Å². The highest BCUT2D eigenvalue weighted by molar-refractivity contribution is 14.1. The van der Waals surface area contributed by atoms with E-state index in [1.54, 1.807) is 0 Å². The Balaban J connectivity index is 2.64. The number of halogens is 2. The van der Waals surface area contributed by atoms with Gasteiger partial charge in [-0.2, -0.15) is 0 Å². The number of aromatic nitrogens is 3. The van der Waals surface area contributed by atoms with Crippen LogP contribution in [0.15, 0.2) is 6.20 Å². The number of hydrogen-bond acceptors (Lipinski definition) is 3. The fourth-order valence-electron chi connectivity index (χ4n) is 0.737. The minimum Gasteiger partial charge on any atom is -0.476 e. The smallest absolute Gasteiger partial charge is 0.358 e. The normalized spacial score (nSPS) is 12.8. The molecule has 0 saturated carbocycles. The molecule has 0 radical (unpaired) electrons. The van der Waals surface area contributed by atoms with Gasteiger partial charge in [-0.25, -0.2) is 13.9 Å². The number of rotatable bonds is 4. The first kappa shape index (κ1) is 10.4. The zero-order chi connectivity index (χ0) is 9.84. The molecule has 1 N–H and O–H groups in total. The monoisotopic (exact) mass is 299 g/mol. The van der Waals surface area contributed by atoms with E-state index in [9.17, 15) is 9.18 Å². The number of nitrogens with zero attached hydrogens (tertiary/aromatic N) is 3. The Morgan fingerprint density at radius 2 is 2.54 bits per heavy atom. The molecular weight excluding hydrogens is 292 g/mol. The highest BCUT2D eigenvalue weighted by Gasteiger charge is 2.11. The molecule has 0 spiro atoms. The number of hydrogen-bond donors (Lipinski definition) is 1. The summed E-state index contributed by atoms with van der Waals surface area (Å²) in [6.07, 6.45) is 0.185. The van der Waals surface area contributed by atoms with Gasteiger partial charge in [-0.05, 0) is 0 Å². The Morgan fingerprint density at radius 3 is 3.00 bits per heavy atom. The summed E-state index contributed by atoms with van der Waals surface area (Å²) in [7, 11) is 0. The summed E-state index contributed by atoms with van der Waals surface area (Å²) in [6.45, 7) is 0.0449. The van der Waals surface area contributed by atoms with Crippen LogP contribution in [0, 0.1) is 0 Å². The maximum atomic E-state index is 12.8. The summed E-state index contributed by atoms with van der Waals surface area (Å²) in [6, 6.07) is 0. The number of carbonyl (C=O) groups is 1. The van der Waals surface area contributed by atoms with Crippen LogP contribution in [-0.4, -0.2) is 36.7 Å². The van der Waals surface area contributed by atoms with E-state index in [1.807, 2.05) is 22.6 Å². The standard InChI is InChI=1S/C6H7FIN3O2/c7-4(1-8)2-11-3-5(6(12)13)9-10-11/h3-4H,1-2H2,(H,12,13). The van der Waals surface area contributed by atoms with Gasteiger partial charge in [0.15, 0.2) is 5.69 Å². The third-order valence-electron chi connectivity index (χ3n) is 1.31. The number of alkyl halides is 2. The minimum atomic E-state index is -1.16. The summed E-state index contributed by atoms with van der Waals surface area (Å²) in [4.78, 5) is 10.4. The molecule has 1 rings (SSSR count). The molecule has 7 heteroatoms. The molecule has 1 heterocycles. The van der Waals surface area contributed by atoms with Gasteiger partial charge in [0.25, 0.3) is 0 Å². The lowest BCUT2D eigenvalue weighted by molar-refractivity contribution is 0.0690. The van der Waals surface area contributed by atoms with Gasteiger partial charge in [0, 0.05) is 4.43 Å². The van der Waals surface area contributed by atoms with Crippen molar-refractivity contribution in [2.45, 2.75) is 12.7 Å². The quantitative estimate of drug-likeness (QED) is 0.658. The third kappa shape index (κ3) is 2.90. The van der Waals surface area contributed by atoms with Gasteiger partial charge in [-0.15, -0.1) is 5.10 Å². The molecular formula is C6H7FIN3O2. The van der Waals surface area contributed by atoms with Gasteiger partial charge in [0.2, 0.25) is 0 Å². The molecule has 0 amide bonds. The molecule has 0 aliphatic heterocycles. The van der Waals surface area contributed by atoms with E-state index >= 15 is 0 Å². The van der Waals surface area contributed by atoms with Crippen LogP contribution >= 0.6 is 22.6 Å². The Bertz CT molecular complexity index is 304. The Labute approximate surface area is 87.1 Å². The Hall–Kier alpha value is -0.730. The zero-order valence-electron chi connectivity index (χ0n) is 6.52. The van der Waals surface area contributed by atoms with Crippen molar-refractivity contribution in [3.05, 3.63) is 11.9 Å². The second-order valence-corrected chi connectivity index (χ2v) is 3.26. The summed E-state index contributed by atoms with van der Waals surface area (Å²) in [5, 5.41) is 15.3.